The molecule has 4 aliphatic rings. The maximum atomic E-state index is 14.4. The molecular formula is C33H43N5O5. The van der Waals surface area contributed by atoms with Crippen LogP contribution in [0, 0.1) is 36.5 Å². The Hall–Kier alpha value is -3.66. The average molecular weight is 590 g/mol. The molecule has 230 valence electrons. The number of benzene rings is 1. The second kappa shape index (κ2) is 11.4. The summed E-state index contributed by atoms with van der Waals surface area (Å²) < 4.78 is 7.94. The highest BCUT2D eigenvalue weighted by atomic mass is 16.4. The van der Waals surface area contributed by atoms with Gasteiger partial charge in [-0.25, -0.2) is 14.6 Å². The third kappa shape index (κ3) is 5.57. The number of carboxylic acids is 1. The summed E-state index contributed by atoms with van der Waals surface area (Å²) in [5.74, 6) is 0.776. The minimum absolute atomic E-state index is 0.00370. The molecule has 2 heterocycles. The molecule has 10 heteroatoms. The lowest BCUT2D eigenvalue weighted by atomic mass is 9.54. The molecule has 4 aliphatic carbocycles. The van der Waals surface area contributed by atoms with Crippen LogP contribution in [0.15, 0.2) is 34.9 Å². The molecule has 43 heavy (non-hydrogen) atoms. The molecule has 3 aromatic rings. The van der Waals surface area contributed by atoms with Crippen molar-refractivity contribution in [2.24, 2.45) is 42.4 Å². The van der Waals surface area contributed by atoms with Gasteiger partial charge in [0.05, 0.1) is 6.04 Å². The number of nitrogens with one attached hydrogen (secondary N) is 1. The number of oxazole rings is 1. The molecule has 0 saturated heterocycles. The summed E-state index contributed by atoms with van der Waals surface area (Å²) >= 11 is 0. The summed E-state index contributed by atoms with van der Waals surface area (Å²) in [6.07, 6.45) is 8.29. The van der Waals surface area contributed by atoms with Gasteiger partial charge >= 0.3 is 12.0 Å². The van der Waals surface area contributed by atoms with Crippen LogP contribution in [0.2, 0.25) is 0 Å². The van der Waals surface area contributed by atoms with Crippen LogP contribution in [0.3, 0.4) is 0 Å². The maximum Gasteiger partial charge on any atom is 0.358 e. The Labute approximate surface area is 252 Å². The fraction of sp³-hybridized carbons (Fsp3) is 0.576. The van der Waals surface area contributed by atoms with Crippen LogP contribution in [-0.2, 0) is 18.3 Å². The zero-order valence-corrected chi connectivity index (χ0v) is 25.5. The summed E-state index contributed by atoms with van der Waals surface area (Å²) in [6.45, 7) is 5.49. The molecule has 2 atom stereocenters. The molecule has 2 aromatic heterocycles. The number of rotatable bonds is 9. The van der Waals surface area contributed by atoms with Gasteiger partial charge in [0.1, 0.15) is 11.8 Å². The van der Waals surface area contributed by atoms with E-state index >= 15 is 0 Å². The first-order valence-electron chi connectivity index (χ1n) is 15.6. The number of carboxylic acid groups (broad SMARTS) is 1. The minimum atomic E-state index is -1.23. The SMILES string of the molecule is Cc1oc([C@@H](Cc2cn(C)c3ccccc23)N(C(=O)NC2C3CC4CC(C3)CC2C4)C(=O)C(N)CC(C)C)nc1C(=O)O. The van der Waals surface area contributed by atoms with E-state index in [1.807, 2.05) is 55.9 Å². The predicted molar refractivity (Wildman–Crippen MR) is 161 cm³/mol. The van der Waals surface area contributed by atoms with Gasteiger partial charge in [-0.2, -0.15) is 0 Å². The van der Waals surface area contributed by atoms with Crippen molar-refractivity contribution >= 4 is 28.8 Å². The molecule has 4 fully saturated rings. The smallest absolute Gasteiger partial charge is 0.358 e. The Morgan fingerprint density at radius 2 is 1.77 bits per heavy atom. The van der Waals surface area contributed by atoms with Gasteiger partial charge in [0.25, 0.3) is 0 Å². The van der Waals surface area contributed by atoms with E-state index in [-0.39, 0.29) is 35.7 Å². The Morgan fingerprint density at radius 1 is 1.12 bits per heavy atom. The number of aromatic carboxylic acids is 1. The number of amides is 3. The number of fused-ring (bicyclic) bond motifs is 1. The molecule has 4 N–H and O–H groups in total. The lowest BCUT2D eigenvalue weighted by Gasteiger charge is -2.54. The van der Waals surface area contributed by atoms with Gasteiger partial charge in [-0.05, 0) is 86.7 Å². The van der Waals surface area contributed by atoms with Gasteiger partial charge < -0.3 is 25.1 Å². The lowest BCUT2D eigenvalue weighted by molar-refractivity contribution is -0.132. The number of para-hydroxylation sites is 1. The third-order valence-electron chi connectivity index (χ3n) is 10.0. The topological polar surface area (TPSA) is 144 Å². The molecule has 3 amide bonds. The summed E-state index contributed by atoms with van der Waals surface area (Å²) in [5, 5.41) is 14.0. The van der Waals surface area contributed by atoms with Crippen molar-refractivity contribution < 1.29 is 23.9 Å². The number of hydrogen-bond acceptors (Lipinski definition) is 6. The molecular weight excluding hydrogens is 546 g/mol. The van der Waals surface area contributed by atoms with Gasteiger partial charge in [0, 0.05) is 36.6 Å². The first-order chi connectivity index (χ1) is 20.5. The normalized spacial score (nSPS) is 25.7. The minimum Gasteiger partial charge on any atom is -0.476 e. The van der Waals surface area contributed by atoms with Crippen molar-refractivity contribution in [3.8, 4) is 0 Å². The number of hydrogen-bond donors (Lipinski definition) is 3. The van der Waals surface area contributed by atoms with E-state index in [0.29, 0.717) is 18.3 Å². The number of carbonyl (C=O) groups is 3. The number of nitrogens with zero attached hydrogens (tertiary/aromatic N) is 3. The first kappa shape index (κ1) is 29.4. The van der Waals surface area contributed by atoms with E-state index in [0.717, 1.165) is 54.0 Å². The Balaban J connectivity index is 1.41. The van der Waals surface area contributed by atoms with Crippen LogP contribution >= 0.6 is 0 Å². The van der Waals surface area contributed by atoms with E-state index in [1.165, 1.54) is 18.2 Å². The number of aryl methyl sites for hydroxylation is 2. The quantitative estimate of drug-likeness (QED) is 0.311. The second-order valence-electron chi connectivity index (χ2n) is 13.6. The summed E-state index contributed by atoms with van der Waals surface area (Å²) in [4.78, 5) is 46.1. The molecule has 4 saturated carbocycles. The second-order valence-corrected chi connectivity index (χ2v) is 13.6. The zero-order chi connectivity index (χ0) is 30.6. The fourth-order valence-electron chi connectivity index (χ4n) is 8.40. The van der Waals surface area contributed by atoms with Gasteiger partial charge in [-0.15, -0.1) is 0 Å². The Bertz CT molecular complexity index is 1510. The van der Waals surface area contributed by atoms with E-state index in [2.05, 4.69) is 10.3 Å². The molecule has 10 nitrogen and oxygen atoms in total. The summed E-state index contributed by atoms with van der Waals surface area (Å²) in [6, 6.07) is 5.46. The lowest BCUT2D eigenvalue weighted by Crippen LogP contribution is -2.60. The van der Waals surface area contributed by atoms with E-state index < -0.39 is 30.0 Å². The van der Waals surface area contributed by atoms with Crippen molar-refractivity contribution in [3.63, 3.8) is 0 Å². The fourth-order valence-corrected chi connectivity index (χ4v) is 8.40. The molecule has 1 aromatic carbocycles. The van der Waals surface area contributed by atoms with Crippen molar-refractivity contribution in [2.45, 2.75) is 83.8 Å². The molecule has 1 unspecified atom stereocenters. The van der Waals surface area contributed by atoms with Gasteiger partial charge in [0.15, 0.2) is 5.69 Å². The highest BCUT2D eigenvalue weighted by Crippen LogP contribution is 2.53. The molecule has 4 bridgehead atoms. The highest BCUT2D eigenvalue weighted by Gasteiger charge is 2.50. The van der Waals surface area contributed by atoms with Gasteiger partial charge in [-0.1, -0.05) is 32.0 Å². The monoisotopic (exact) mass is 589 g/mol. The van der Waals surface area contributed by atoms with Crippen molar-refractivity contribution in [1.82, 2.24) is 19.8 Å². The van der Waals surface area contributed by atoms with Gasteiger partial charge in [0.2, 0.25) is 11.8 Å². The maximum absolute atomic E-state index is 14.4. The standard InChI is InChI=1S/C33H43N5O5/c1-17(2)9-25(34)31(39)38(33(42)36-29-21-11-19-10-20(13-21)14-22(29)12-19)27(30-35-28(32(40)41)18(3)43-30)15-23-16-37(4)26-8-6-5-7-24(23)26/h5-8,16-17,19-22,25,27,29H,9-15,34H2,1-4H3,(H,36,42)(H,40,41)/t19?,20?,21?,22?,25?,27-,29?/m1/s1. The molecule has 0 radical (unpaired) electrons. The van der Waals surface area contributed by atoms with E-state index in [4.69, 9.17) is 10.2 Å². The number of imide groups is 1. The van der Waals surface area contributed by atoms with Crippen LogP contribution in [0.1, 0.15) is 86.1 Å². The molecule has 0 aliphatic heterocycles. The number of urea groups is 1. The van der Waals surface area contributed by atoms with E-state index in [1.54, 1.807) is 0 Å². The predicted octanol–water partition coefficient (Wildman–Crippen LogP) is 5.19. The van der Waals surface area contributed by atoms with Crippen molar-refractivity contribution in [3.05, 3.63) is 53.4 Å². The number of carbonyl (C=O) groups excluding carboxylic acids is 2. The van der Waals surface area contributed by atoms with Crippen LogP contribution in [0.5, 0.6) is 0 Å². The summed E-state index contributed by atoms with van der Waals surface area (Å²) in [5.41, 5.74) is 8.12. The van der Waals surface area contributed by atoms with Crippen molar-refractivity contribution in [1.29, 1.82) is 0 Å². The highest BCUT2D eigenvalue weighted by molar-refractivity contribution is 5.98. The number of nitrogens with two attached hydrogens (primary N) is 1. The summed E-state index contributed by atoms with van der Waals surface area (Å²) in [7, 11) is 1.94. The first-order valence-corrected chi connectivity index (χ1v) is 15.6. The third-order valence-corrected chi connectivity index (χ3v) is 10.0. The van der Waals surface area contributed by atoms with Crippen LogP contribution in [-0.4, -0.2) is 49.5 Å². The van der Waals surface area contributed by atoms with Crippen molar-refractivity contribution in [2.75, 3.05) is 0 Å². The van der Waals surface area contributed by atoms with Gasteiger partial charge in [-0.3, -0.25) is 9.69 Å². The largest absolute Gasteiger partial charge is 0.476 e. The average Bonchev–Trinajstić information content (AvgIpc) is 3.49. The number of aromatic nitrogens is 2. The Kier molecular flexibility index (Phi) is 7.83. The van der Waals surface area contributed by atoms with Crippen LogP contribution < -0.4 is 11.1 Å². The molecule has 7 rings (SSSR count). The molecule has 0 spiro atoms. The van der Waals surface area contributed by atoms with E-state index in [9.17, 15) is 19.5 Å². The van der Waals surface area contributed by atoms with Crippen LogP contribution in [0.25, 0.3) is 10.9 Å². The zero-order valence-electron chi connectivity index (χ0n) is 25.5. The van der Waals surface area contributed by atoms with Crippen LogP contribution in [0.4, 0.5) is 4.79 Å². The Morgan fingerprint density at radius 3 is 2.37 bits per heavy atom.